The van der Waals surface area contributed by atoms with E-state index >= 15 is 0 Å². The van der Waals surface area contributed by atoms with Crippen molar-refractivity contribution >= 4 is 5.97 Å². The van der Waals surface area contributed by atoms with Crippen molar-refractivity contribution in [3.8, 4) is 23.5 Å². The summed E-state index contributed by atoms with van der Waals surface area (Å²) in [7, 11) is 0. The second-order valence-corrected chi connectivity index (χ2v) is 3.43. The third kappa shape index (κ3) is 2.16. The van der Waals surface area contributed by atoms with Gasteiger partial charge < -0.3 is 5.11 Å². The standard InChI is InChI=1S/C8H5NO2.C6H4/c1-2-6-4-3-5-9-7(6)8(10)11;1-2-6-4-3-5(1)6/h1,3-5H,(H,10,11);1-4H. The Morgan fingerprint density at radius 1 is 1.18 bits per heavy atom. The van der Waals surface area contributed by atoms with E-state index in [0.717, 1.165) is 0 Å². The molecule has 0 radical (unpaired) electrons. The van der Waals surface area contributed by atoms with E-state index in [1.54, 1.807) is 6.07 Å². The molecule has 2 aliphatic rings. The topological polar surface area (TPSA) is 50.2 Å². The van der Waals surface area contributed by atoms with Gasteiger partial charge in [0, 0.05) is 6.20 Å². The van der Waals surface area contributed by atoms with E-state index < -0.39 is 5.97 Å². The molecule has 0 atom stereocenters. The lowest BCUT2D eigenvalue weighted by atomic mass is 9.95. The van der Waals surface area contributed by atoms with Gasteiger partial charge in [-0.2, -0.15) is 0 Å². The zero-order valence-corrected chi connectivity index (χ0v) is 8.92. The van der Waals surface area contributed by atoms with Crippen LogP contribution >= 0.6 is 0 Å². The first kappa shape index (κ1) is 10.9. The van der Waals surface area contributed by atoms with Gasteiger partial charge in [0.1, 0.15) is 0 Å². The van der Waals surface area contributed by atoms with Crippen molar-refractivity contribution in [3.63, 3.8) is 0 Å². The molecule has 1 N–H and O–H groups in total. The van der Waals surface area contributed by atoms with E-state index in [-0.39, 0.29) is 5.69 Å². The fourth-order valence-corrected chi connectivity index (χ4v) is 1.35. The molecule has 3 heteroatoms. The fourth-order valence-electron chi connectivity index (χ4n) is 1.35. The van der Waals surface area contributed by atoms with Crippen molar-refractivity contribution in [2.45, 2.75) is 0 Å². The molecule has 1 aromatic heterocycles. The lowest BCUT2D eigenvalue weighted by molar-refractivity contribution is 0.0690. The third-order valence-corrected chi connectivity index (χ3v) is 2.38. The summed E-state index contributed by atoms with van der Waals surface area (Å²) in [5, 5.41) is 8.54. The summed E-state index contributed by atoms with van der Waals surface area (Å²) in [6.45, 7) is 0. The van der Waals surface area contributed by atoms with Gasteiger partial charge in [0.15, 0.2) is 5.69 Å². The smallest absolute Gasteiger partial charge is 0.355 e. The molecule has 0 aromatic carbocycles. The quantitative estimate of drug-likeness (QED) is 0.644. The molecule has 1 aromatic rings. The van der Waals surface area contributed by atoms with E-state index in [4.69, 9.17) is 11.5 Å². The van der Waals surface area contributed by atoms with E-state index in [9.17, 15) is 4.79 Å². The Kier molecular flexibility index (Phi) is 2.89. The normalized spacial score (nSPS) is 9.59. The average molecular weight is 223 g/mol. The number of benzene rings is 1. The first-order valence-corrected chi connectivity index (χ1v) is 4.97. The minimum Gasteiger partial charge on any atom is -0.476 e. The number of pyridine rings is 1. The average Bonchev–Trinajstić information content (AvgIpc) is 2.34. The Hall–Kier alpha value is -2.60. The van der Waals surface area contributed by atoms with Crippen LogP contribution in [0.1, 0.15) is 16.1 Å². The maximum atomic E-state index is 10.4. The molecule has 0 amide bonds. The highest BCUT2D eigenvalue weighted by Crippen LogP contribution is 2.29. The number of carboxylic acids is 1. The van der Waals surface area contributed by atoms with E-state index in [1.165, 1.54) is 23.4 Å². The molecule has 0 fully saturated rings. The maximum Gasteiger partial charge on any atom is 0.355 e. The van der Waals surface area contributed by atoms with Gasteiger partial charge in [0.2, 0.25) is 0 Å². The van der Waals surface area contributed by atoms with Crippen LogP contribution < -0.4 is 0 Å². The molecule has 82 valence electrons. The fraction of sp³-hybridized carbons (Fsp3) is 0. The number of aromatic carboxylic acids is 1. The van der Waals surface area contributed by atoms with Crippen LogP contribution in [0.2, 0.25) is 0 Å². The molecule has 0 aliphatic heterocycles. The number of fused-ring (bicyclic) bond motifs is 1. The molecular weight excluding hydrogens is 214 g/mol. The number of carbonyl (C=O) groups is 1. The second-order valence-electron chi connectivity index (χ2n) is 3.43. The predicted molar refractivity (Wildman–Crippen MR) is 64.6 cm³/mol. The molecule has 2 aliphatic carbocycles. The minimum absolute atomic E-state index is 0.0741. The number of rotatable bonds is 1. The van der Waals surface area contributed by atoms with Gasteiger partial charge >= 0.3 is 5.97 Å². The number of aromatic nitrogens is 1. The summed E-state index contributed by atoms with van der Waals surface area (Å²) in [4.78, 5) is 14.0. The first-order chi connectivity index (χ1) is 8.22. The number of terminal acetylenes is 1. The van der Waals surface area contributed by atoms with Gasteiger partial charge in [-0.05, 0) is 23.3 Å². The molecular formula is C14H9NO2. The van der Waals surface area contributed by atoms with Crippen LogP contribution in [-0.4, -0.2) is 16.1 Å². The number of hydrogen-bond acceptors (Lipinski definition) is 2. The van der Waals surface area contributed by atoms with Crippen LogP contribution in [0.4, 0.5) is 0 Å². The largest absolute Gasteiger partial charge is 0.476 e. The number of carboxylic acid groups (broad SMARTS) is 1. The molecule has 0 bridgehead atoms. The summed E-state index contributed by atoms with van der Waals surface area (Å²) in [6.07, 6.45) is 6.43. The predicted octanol–water partition coefficient (Wildman–Crippen LogP) is 2.43. The Morgan fingerprint density at radius 2 is 1.76 bits per heavy atom. The van der Waals surface area contributed by atoms with Crippen molar-refractivity contribution < 1.29 is 9.90 Å². The van der Waals surface area contributed by atoms with E-state index in [1.807, 2.05) is 0 Å². The summed E-state index contributed by atoms with van der Waals surface area (Å²) < 4.78 is 0. The Balaban J connectivity index is 0.000000148. The highest BCUT2D eigenvalue weighted by Gasteiger charge is 2.07. The maximum absolute atomic E-state index is 10.4. The molecule has 3 rings (SSSR count). The van der Waals surface area contributed by atoms with E-state index in [2.05, 4.69) is 35.2 Å². The van der Waals surface area contributed by atoms with Crippen molar-refractivity contribution in [1.82, 2.24) is 4.98 Å². The molecule has 0 saturated heterocycles. The van der Waals surface area contributed by atoms with Crippen LogP contribution in [0.25, 0.3) is 11.1 Å². The van der Waals surface area contributed by atoms with Crippen LogP contribution in [0.5, 0.6) is 0 Å². The van der Waals surface area contributed by atoms with Crippen molar-refractivity contribution in [2.24, 2.45) is 0 Å². The van der Waals surface area contributed by atoms with Crippen LogP contribution in [-0.2, 0) is 0 Å². The lowest BCUT2D eigenvalue weighted by Crippen LogP contribution is -2.02. The second kappa shape index (κ2) is 4.50. The Labute approximate surface area is 98.8 Å². The highest BCUT2D eigenvalue weighted by atomic mass is 16.4. The molecule has 0 unspecified atom stereocenters. The van der Waals surface area contributed by atoms with Crippen LogP contribution in [0.15, 0.2) is 42.6 Å². The van der Waals surface area contributed by atoms with Gasteiger partial charge in [-0.3, -0.25) is 0 Å². The van der Waals surface area contributed by atoms with Gasteiger partial charge in [0.25, 0.3) is 0 Å². The third-order valence-electron chi connectivity index (χ3n) is 2.38. The van der Waals surface area contributed by atoms with Crippen molar-refractivity contribution in [3.05, 3.63) is 53.9 Å². The molecule has 3 nitrogen and oxygen atoms in total. The molecule has 17 heavy (non-hydrogen) atoms. The monoisotopic (exact) mass is 223 g/mol. The summed E-state index contributed by atoms with van der Waals surface area (Å²) >= 11 is 0. The van der Waals surface area contributed by atoms with E-state index in [0.29, 0.717) is 5.56 Å². The SMILES string of the molecule is C#Cc1cccnc1C(=O)O.c1cc2ccc1-2. The zero-order chi connectivity index (χ0) is 12.3. The lowest BCUT2D eigenvalue weighted by Gasteiger charge is -2.10. The first-order valence-electron chi connectivity index (χ1n) is 4.97. The summed E-state index contributed by atoms with van der Waals surface area (Å²) in [5.41, 5.74) is 3.08. The van der Waals surface area contributed by atoms with Gasteiger partial charge in [-0.1, -0.05) is 30.2 Å². The Morgan fingerprint density at radius 3 is 2.06 bits per heavy atom. The Bertz CT molecular complexity index is 573. The van der Waals surface area contributed by atoms with Crippen LogP contribution in [0, 0.1) is 12.3 Å². The van der Waals surface area contributed by atoms with Crippen LogP contribution in [0.3, 0.4) is 0 Å². The summed E-state index contributed by atoms with van der Waals surface area (Å²) in [6, 6.07) is 11.6. The van der Waals surface area contributed by atoms with Gasteiger partial charge in [-0.15, -0.1) is 6.42 Å². The molecule has 1 heterocycles. The molecule has 0 saturated carbocycles. The highest BCUT2D eigenvalue weighted by molar-refractivity contribution is 5.88. The van der Waals surface area contributed by atoms with Gasteiger partial charge in [-0.25, -0.2) is 9.78 Å². The van der Waals surface area contributed by atoms with Crippen molar-refractivity contribution in [2.75, 3.05) is 0 Å². The number of nitrogens with zero attached hydrogens (tertiary/aromatic N) is 1. The van der Waals surface area contributed by atoms with Crippen molar-refractivity contribution in [1.29, 1.82) is 0 Å². The summed E-state index contributed by atoms with van der Waals surface area (Å²) in [5.74, 6) is 1.14. The number of hydrogen-bond donors (Lipinski definition) is 1. The molecule has 0 spiro atoms. The van der Waals surface area contributed by atoms with Gasteiger partial charge in [0.05, 0.1) is 5.56 Å². The zero-order valence-electron chi connectivity index (χ0n) is 8.92. The minimum atomic E-state index is -1.10.